The number of benzene rings is 2. The van der Waals surface area contributed by atoms with Crippen LogP contribution in [0.4, 0.5) is 0 Å². The number of esters is 1. The predicted octanol–water partition coefficient (Wildman–Crippen LogP) is 3.50. The van der Waals surface area contributed by atoms with Crippen molar-refractivity contribution in [2.45, 2.75) is 0 Å². The number of carbonyl (C=O) groups excluding carboxylic acids is 1. The number of ether oxygens (including phenoxy) is 1. The molecule has 0 spiro atoms. The quantitative estimate of drug-likeness (QED) is 0.753. The van der Waals surface area contributed by atoms with Gasteiger partial charge >= 0.3 is 5.97 Å². The smallest absolute Gasteiger partial charge is 0.337 e. The highest BCUT2D eigenvalue weighted by Gasteiger charge is 2.05. The van der Waals surface area contributed by atoms with Crippen molar-refractivity contribution >= 4 is 5.97 Å². The van der Waals surface area contributed by atoms with Crippen LogP contribution in [0.2, 0.25) is 0 Å². The van der Waals surface area contributed by atoms with Gasteiger partial charge in [0.05, 0.1) is 12.7 Å². The van der Waals surface area contributed by atoms with Gasteiger partial charge in [-0.2, -0.15) is 0 Å². The number of nitrogens with one attached hydrogen (secondary N) is 1. The molecule has 3 aromatic rings. The first kappa shape index (κ1) is 14.8. The fourth-order valence-electron chi connectivity index (χ4n) is 2.36. The molecule has 0 radical (unpaired) electrons. The third-order valence-electron chi connectivity index (χ3n) is 3.64. The van der Waals surface area contributed by atoms with E-state index in [2.05, 4.69) is 4.98 Å². The van der Waals surface area contributed by atoms with Gasteiger partial charge in [-0.05, 0) is 40.5 Å². The molecule has 1 heterocycles. The van der Waals surface area contributed by atoms with Crippen molar-refractivity contribution in [1.82, 2.24) is 4.98 Å². The van der Waals surface area contributed by atoms with E-state index in [-0.39, 0.29) is 11.5 Å². The number of pyridine rings is 1. The molecule has 4 nitrogen and oxygen atoms in total. The molecule has 0 aliphatic heterocycles. The van der Waals surface area contributed by atoms with E-state index in [1.54, 1.807) is 24.4 Å². The fourth-order valence-corrected chi connectivity index (χ4v) is 2.36. The monoisotopic (exact) mass is 305 g/mol. The van der Waals surface area contributed by atoms with Crippen LogP contribution in [0.25, 0.3) is 22.3 Å². The Morgan fingerprint density at radius 2 is 1.26 bits per heavy atom. The molecule has 4 heteroatoms. The fraction of sp³-hybridized carbons (Fsp3) is 0.0526. The highest BCUT2D eigenvalue weighted by molar-refractivity contribution is 5.90. The molecule has 2 aromatic carbocycles. The summed E-state index contributed by atoms with van der Waals surface area (Å²) >= 11 is 0. The van der Waals surface area contributed by atoms with E-state index in [0.29, 0.717) is 5.56 Å². The van der Waals surface area contributed by atoms with Gasteiger partial charge in [-0.15, -0.1) is 0 Å². The first-order valence-electron chi connectivity index (χ1n) is 7.15. The minimum absolute atomic E-state index is 0.115. The molecule has 0 saturated carbocycles. The van der Waals surface area contributed by atoms with Crippen LogP contribution in [-0.4, -0.2) is 18.1 Å². The van der Waals surface area contributed by atoms with E-state index in [1.165, 1.54) is 13.2 Å². The van der Waals surface area contributed by atoms with Crippen LogP contribution in [0.5, 0.6) is 0 Å². The highest BCUT2D eigenvalue weighted by Crippen LogP contribution is 2.24. The van der Waals surface area contributed by atoms with E-state index >= 15 is 0 Å². The van der Waals surface area contributed by atoms with Crippen molar-refractivity contribution in [3.63, 3.8) is 0 Å². The van der Waals surface area contributed by atoms with Crippen LogP contribution in [0.1, 0.15) is 10.4 Å². The normalized spacial score (nSPS) is 10.3. The third kappa shape index (κ3) is 3.21. The molecule has 0 fully saturated rings. The molecule has 0 unspecified atom stereocenters. The molecule has 3 rings (SSSR count). The number of rotatable bonds is 3. The van der Waals surface area contributed by atoms with Crippen molar-refractivity contribution in [3.8, 4) is 22.3 Å². The van der Waals surface area contributed by atoms with Crippen molar-refractivity contribution in [2.75, 3.05) is 7.11 Å². The average molecular weight is 305 g/mol. The van der Waals surface area contributed by atoms with Crippen molar-refractivity contribution in [3.05, 3.63) is 82.8 Å². The zero-order valence-corrected chi connectivity index (χ0v) is 12.6. The van der Waals surface area contributed by atoms with Gasteiger partial charge in [-0.1, -0.05) is 36.4 Å². The Morgan fingerprint density at radius 1 is 0.783 bits per heavy atom. The molecular formula is C19H15NO3. The topological polar surface area (TPSA) is 59.2 Å². The first-order chi connectivity index (χ1) is 11.2. The summed E-state index contributed by atoms with van der Waals surface area (Å²) in [7, 11) is 1.37. The van der Waals surface area contributed by atoms with Crippen molar-refractivity contribution in [2.24, 2.45) is 0 Å². The second-order valence-corrected chi connectivity index (χ2v) is 5.09. The molecule has 23 heavy (non-hydrogen) atoms. The molecule has 0 bridgehead atoms. The Labute approximate surface area is 133 Å². The Kier molecular flexibility index (Phi) is 4.06. The lowest BCUT2D eigenvalue weighted by molar-refractivity contribution is 0.0601. The predicted molar refractivity (Wildman–Crippen MR) is 89.3 cm³/mol. The summed E-state index contributed by atoms with van der Waals surface area (Å²) < 4.78 is 4.69. The van der Waals surface area contributed by atoms with Crippen molar-refractivity contribution in [1.29, 1.82) is 0 Å². The molecule has 0 aliphatic carbocycles. The Bertz CT molecular complexity index is 857. The average Bonchev–Trinajstić information content (AvgIpc) is 2.62. The van der Waals surface area contributed by atoms with E-state index < -0.39 is 0 Å². The Balaban J connectivity index is 1.85. The maximum atomic E-state index is 11.4. The zero-order valence-electron chi connectivity index (χ0n) is 12.6. The van der Waals surface area contributed by atoms with Gasteiger partial charge in [0.15, 0.2) is 0 Å². The molecular weight excluding hydrogens is 290 g/mol. The SMILES string of the molecule is COC(=O)c1ccc(-c2ccc(-c3ccc(=O)[nH]c3)cc2)cc1. The van der Waals surface area contributed by atoms with Crippen LogP contribution in [-0.2, 0) is 4.74 Å². The number of carbonyl (C=O) groups is 1. The van der Waals surface area contributed by atoms with Gasteiger partial charge in [-0.25, -0.2) is 4.79 Å². The van der Waals surface area contributed by atoms with Gasteiger partial charge in [-0.3, -0.25) is 4.79 Å². The second-order valence-electron chi connectivity index (χ2n) is 5.09. The van der Waals surface area contributed by atoms with E-state index in [0.717, 1.165) is 22.3 Å². The number of methoxy groups -OCH3 is 1. The molecule has 0 amide bonds. The lowest BCUT2D eigenvalue weighted by Crippen LogP contribution is -2.01. The standard InChI is InChI=1S/C19H15NO3/c1-23-19(22)16-8-6-14(7-9-16)13-2-4-15(5-3-13)17-10-11-18(21)20-12-17/h2-12H,1H3,(H,20,21). The number of hydrogen-bond acceptors (Lipinski definition) is 3. The molecule has 114 valence electrons. The third-order valence-corrected chi connectivity index (χ3v) is 3.64. The van der Waals surface area contributed by atoms with Gasteiger partial charge in [0.2, 0.25) is 5.56 Å². The second kappa shape index (κ2) is 6.32. The minimum atomic E-state index is -0.343. The number of aromatic nitrogens is 1. The number of hydrogen-bond donors (Lipinski definition) is 1. The Morgan fingerprint density at radius 3 is 1.74 bits per heavy atom. The molecule has 0 aliphatic rings. The largest absolute Gasteiger partial charge is 0.465 e. The molecule has 0 saturated heterocycles. The lowest BCUT2D eigenvalue weighted by atomic mass is 10.0. The number of aromatic amines is 1. The van der Waals surface area contributed by atoms with Gasteiger partial charge in [0.25, 0.3) is 0 Å². The van der Waals surface area contributed by atoms with Crippen LogP contribution in [0.15, 0.2) is 71.7 Å². The summed E-state index contributed by atoms with van der Waals surface area (Å²) in [6.07, 6.45) is 1.70. The zero-order chi connectivity index (χ0) is 16.2. The van der Waals surface area contributed by atoms with Crippen LogP contribution >= 0.6 is 0 Å². The van der Waals surface area contributed by atoms with E-state index in [4.69, 9.17) is 4.74 Å². The molecule has 0 atom stereocenters. The Hall–Kier alpha value is -3.14. The van der Waals surface area contributed by atoms with Gasteiger partial charge in [0.1, 0.15) is 0 Å². The molecule has 1 N–H and O–H groups in total. The van der Waals surface area contributed by atoms with Crippen LogP contribution in [0, 0.1) is 0 Å². The van der Waals surface area contributed by atoms with Gasteiger partial charge < -0.3 is 9.72 Å². The summed E-state index contributed by atoms with van der Waals surface area (Å²) in [5.74, 6) is -0.343. The molecule has 1 aromatic heterocycles. The maximum Gasteiger partial charge on any atom is 0.337 e. The highest BCUT2D eigenvalue weighted by atomic mass is 16.5. The summed E-state index contributed by atoms with van der Waals surface area (Å²) in [6, 6.07) is 18.6. The van der Waals surface area contributed by atoms with E-state index in [9.17, 15) is 9.59 Å². The van der Waals surface area contributed by atoms with E-state index in [1.807, 2.05) is 36.4 Å². The van der Waals surface area contributed by atoms with Crippen molar-refractivity contribution < 1.29 is 9.53 Å². The number of H-pyrrole nitrogens is 1. The first-order valence-corrected chi connectivity index (χ1v) is 7.15. The summed E-state index contributed by atoms with van der Waals surface area (Å²) in [4.78, 5) is 25.2. The van der Waals surface area contributed by atoms with Crippen LogP contribution < -0.4 is 5.56 Å². The van der Waals surface area contributed by atoms with Gasteiger partial charge in [0, 0.05) is 12.3 Å². The summed E-state index contributed by atoms with van der Waals surface area (Å²) in [5, 5.41) is 0. The van der Waals surface area contributed by atoms with Crippen LogP contribution in [0.3, 0.4) is 0 Å². The lowest BCUT2D eigenvalue weighted by Gasteiger charge is -2.06. The summed E-state index contributed by atoms with van der Waals surface area (Å²) in [5.41, 5.74) is 4.46. The minimum Gasteiger partial charge on any atom is -0.465 e. The summed E-state index contributed by atoms with van der Waals surface area (Å²) in [6.45, 7) is 0. The maximum absolute atomic E-state index is 11.4.